The third-order valence-corrected chi connectivity index (χ3v) is 8.49. The first-order valence-corrected chi connectivity index (χ1v) is 13.8. The van der Waals surface area contributed by atoms with Crippen LogP contribution < -0.4 is 14.8 Å². The molecule has 9 nitrogen and oxygen atoms in total. The van der Waals surface area contributed by atoms with Gasteiger partial charge in [-0.3, -0.25) is 14.3 Å². The zero-order valence-electron chi connectivity index (χ0n) is 17.5. The quantitative estimate of drug-likeness (QED) is 0.458. The van der Waals surface area contributed by atoms with Gasteiger partial charge in [-0.15, -0.1) is 11.8 Å². The minimum Gasteiger partial charge on any atom is -0.280 e. The van der Waals surface area contributed by atoms with Crippen LogP contribution in [0, 0.1) is 0 Å². The highest BCUT2D eigenvalue weighted by Gasteiger charge is 2.40. The summed E-state index contributed by atoms with van der Waals surface area (Å²) in [6.45, 7) is 0. The van der Waals surface area contributed by atoms with Gasteiger partial charge in [-0.1, -0.05) is 18.2 Å². The molecule has 0 spiro atoms. The van der Waals surface area contributed by atoms with Gasteiger partial charge >= 0.3 is 0 Å². The number of imide groups is 1. The number of nitrogens with two attached hydrogens (primary N) is 1. The fourth-order valence-electron chi connectivity index (χ4n) is 3.33. The van der Waals surface area contributed by atoms with Gasteiger partial charge in [0.15, 0.2) is 0 Å². The lowest BCUT2D eigenvalue weighted by molar-refractivity contribution is -0.121. The summed E-state index contributed by atoms with van der Waals surface area (Å²) in [6.07, 6.45) is -0.0250. The van der Waals surface area contributed by atoms with Crippen LogP contribution >= 0.6 is 11.8 Å². The van der Waals surface area contributed by atoms with Gasteiger partial charge in [0.2, 0.25) is 21.8 Å². The van der Waals surface area contributed by atoms with Crippen LogP contribution in [-0.4, -0.2) is 33.9 Å². The fourth-order valence-corrected chi connectivity index (χ4v) is 5.98. The lowest BCUT2D eigenvalue weighted by atomic mass is 10.3. The number of anilines is 2. The van der Waals surface area contributed by atoms with E-state index in [2.05, 4.69) is 4.72 Å². The van der Waals surface area contributed by atoms with E-state index in [0.717, 1.165) is 4.90 Å². The molecule has 0 aromatic heterocycles. The van der Waals surface area contributed by atoms with E-state index in [1.54, 1.807) is 42.5 Å². The van der Waals surface area contributed by atoms with Gasteiger partial charge in [0, 0.05) is 17.0 Å². The van der Waals surface area contributed by atoms with Crippen molar-refractivity contribution < 1.29 is 26.4 Å². The Balaban J connectivity index is 1.44. The molecule has 1 unspecified atom stereocenters. The predicted molar refractivity (Wildman–Crippen MR) is 128 cm³/mol. The molecule has 3 aromatic carbocycles. The first-order valence-electron chi connectivity index (χ1n) is 9.89. The fraction of sp³-hybridized carbons (Fsp3) is 0.0909. The number of carbonyl (C=O) groups is 2. The Kier molecular flexibility index (Phi) is 6.49. The number of benzene rings is 3. The number of rotatable bonds is 7. The zero-order chi connectivity index (χ0) is 24.5. The molecule has 1 fully saturated rings. The summed E-state index contributed by atoms with van der Waals surface area (Å²) in [5, 5.41) is 4.41. The van der Waals surface area contributed by atoms with Crippen LogP contribution in [0.2, 0.25) is 0 Å². The summed E-state index contributed by atoms with van der Waals surface area (Å²) >= 11 is 1.19. The first-order chi connectivity index (χ1) is 16.0. The highest BCUT2D eigenvalue weighted by Crippen LogP contribution is 2.34. The van der Waals surface area contributed by atoms with Crippen molar-refractivity contribution in [3.63, 3.8) is 0 Å². The Labute approximate surface area is 201 Å². The largest absolute Gasteiger partial charge is 0.280 e. The molecular weight excluding hydrogens is 498 g/mol. The van der Waals surface area contributed by atoms with E-state index in [-0.39, 0.29) is 21.9 Å². The Morgan fingerprint density at radius 2 is 1.44 bits per heavy atom. The molecule has 12 heteroatoms. The Morgan fingerprint density at radius 3 is 2.03 bits per heavy atom. The van der Waals surface area contributed by atoms with Crippen LogP contribution in [0.3, 0.4) is 0 Å². The van der Waals surface area contributed by atoms with E-state index in [4.69, 9.17) is 5.14 Å². The van der Waals surface area contributed by atoms with Gasteiger partial charge in [-0.25, -0.2) is 26.9 Å². The molecule has 1 heterocycles. The second-order valence-corrected chi connectivity index (χ2v) is 11.9. The maximum atomic E-state index is 12.9. The van der Waals surface area contributed by atoms with E-state index < -0.39 is 37.1 Å². The smallest absolute Gasteiger partial charge is 0.261 e. The molecule has 0 bridgehead atoms. The zero-order valence-corrected chi connectivity index (χ0v) is 19.9. The van der Waals surface area contributed by atoms with E-state index in [1.165, 1.54) is 48.2 Å². The average molecular weight is 518 g/mol. The van der Waals surface area contributed by atoms with Crippen LogP contribution in [-0.2, 0) is 29.6 Å². The van der Waals surface area contributed by atoms with Crippen LogP contribution in [0.4, 0.5) is 11.4 Å². The molecule has 0 radical (unpaired) electrons. The molecule has 3 N–H and O–H groups in total. The maximum Gasteiger partial charge on any atom is 0.261 e. The van der Waals surface area contributed by atoms with Crippen molar-refractivity contribution in [3.8, 4) is 0 Å². The van der Waals surface area contributed by atoms with Gasteiger partial charge in [0.25, 0.3) is 10.0 Å². The topological polar surface area (TPSA) is 144 Å². The SMILES string of the molecule is NS(=O)(=O)c1ccc(N2C(=O)CC(Sc3ccc(NS(=O)(=O)c4ccccc4)cc3)C2=O)cc1. The van der Waals surface area contributed by atoms with Crippen molar-refractivity contribution in [1.82, 2.24) is 0 Å². The third kappa shape index (κ3) is 5.14. The summed E-state index contributed by atoms with van der Waals surface area (Å²) in [5.41, 5.74) is 0.620. The lowest BCUT2D eigenvalue weighted by Gasteiger charge is -2.15. The summed E-state index contributed by atoms with van der Waals surface area (Å²) in [5.74, 6) is -0.828. The number of hydrogen-bond donors (Lipinski definition) is 2. The van der Waals surface area contributed by atoms with E-state index in [1.807, 2.05) is 0 Å². The highest BCUT2D eigenvalue weighted by atomic mass is 32.2. The normalized spacial score (nSPS) is 16.6. The number of nitrogens with one attached hydrogen (secondary N) is 1. The second-order valence-electron chi connectivity index (χ2n) is 7.36. The predicted octanol–water partition coefficient (Wildman–Crippen LogP) is 2.56. The third-order valence-electron chi connectivity index (χ3n) is 4.97. The van der Waals surface area contributed by atoms with Crippen molar-refractivity contribution in [3.05, 3.63) is 78.9 Å². The summed E-state index contributed by atoms with van der Waals surface area (Å²) in [6, 6.07) is 19.6. The van der Waals surface area contributed by atoms with Gasteiger partial charge in [0.1, 0.15) is 0 Å². The molecule has 2 amide bonds. The second kappa shape index (κ2) is 9.22. The monoisotopic (exact) mass is 517 g/mol. The van der Waals surface area contributed by atoms with E-state index >= 15 is 0 Å². The molecule has 1 aliphatic heterocycles. The number of primary sulfonamides is 1. The van der Waals surface area contributed by atoms with E-state index in [0.29, 0.717) is 10.6 Å². The average Bonchev–Trinajstić information content (AvgIpc) is 3.07. The number of thioether (sulfide) groups is 1. The number of amides is 2. The van der Waals surface area contributed by atoms with Crippen LogP contribution in [0.25, 0.3) is 0 Å². The summed E-state index contributed by atoms with van der Waals surface area (Å²) < 4.78 is 50.2. The van der Waals surface area contributed by atoms with E-state index in [9.17, 15) is 26.4 Å². The number of sulfonamides is 2. The molecule has 34 heavy (non-hydrogen) atoms. The van der Waals surface area contributed by atoms with Gasteiger partial charge in [-0.2, -0.15) is 0 Å². The Bertz CT molecular complexity index is 1440. The molecule has 0 saturated carbocycles. The molecule has 1 saturated heterocycles. The summed E-state index contributed by atoms with van der Waals surface area (Å²) in [7, 11) is -7.61. The van der Waals surface area contributed by atoms with Crippen molar-refractivity contribution in [2.45, 2.75) is 26.4 Å². The molecular formula is C22H19N3O6S3. The maximum absolute atomic E-state index is 12.9. The van der Waals surface area contributed by atoms with Gasteiger partial charge < -0.3 is 0 Å². The van der Waals surface area contributed by atoms with Crippen LogP contribution in [0.5, 0.6) is 0 Å². The molecule has 3 aromatic rings. The van der Waals surface area contributed by atoms with Crippen molar-refractivity contribution in [1.29, 1.82) is 0 Å². The van der Waals surface area contributed by atoms with Crippen molar-refractivity contribution in [2.24, 2.45) is 5.14 Å². The minimum absolute atomic E-state index is 0.0250. The highest BCUT2D eigenvalue weighted by molar-refractivity contribution is 8.00. The first kappa shape index (κ1) is 24.0. The Hall–Kier alpha value is -3.19. The standard InChI is InChI=1S/C22H19N3O6S3/c23-33(28,29)18-12-8-16(9-13-18)25-21(26)14-20(22(25)27)32-17-10-6-15(7-11-17)24-34(30,31)19-4-2-1-3-5-19/h1-13,20,24H,14H2,(H2,23,28,29). The Morgan fingerprint density at radius 1 is 0.824 bits per heavy atom. The number of hydrogen-bond acceptors (Lipinski definition) is 7. The van der Waals surface area contributed by atoms with Crippen LogP contribution in [0.1, 0.15) is 6.42 Å². The van der Waals surface area contributed by atoms with Gasteiger partial charge in [0.05, 0.1) is 20.7 Å². The van der Waals surface area contributed by atoms with Crippen molar-refractivity contribution in [2.75, 3.05) is 9.62 Å². The molecule has 1 atom stereocenters. The molecule has 0 aliphatic carbocycles. The minimum atomic E-state index is -3.89. The summed E-state index contributed by atoms with van der Waals surface area (Å²) in [4.78, 5) is 27.1. The molecule has 1 aliphatic rings. The van der Waals surface area contributed by atoms with Crippen molar-refractivity contribution >= 4 is 55.0 Å². The molecule has 176 valence electrons. The number of nitrogens with zero attached hydrogens (tertiary/aromatic N) is 1. The molecule has 4 rings (SSSR count). The van der Waals surface area contributed by atoms with Gasteiger partial charge in [-0.05, 0) is 60.7 Å². The number of carbonyl (C=O) groups excluding carboxylic acids is 2. The lowest BCUT2D eigenvalue weighted by Crippen LogP contribution is -2.31. The van der Waals surface area contributed by atoms with Crippen LogP contribution in [0.15, 0.2) is 93.5 Å².